The summed E-state index contributed by atoms with van der Waals surface area (Å²) in [5.74, 6) is 3.07. The van der Waals surface area contributed by atoms with E-state index < -0.39 is 11.4 Å². The van der Waals surface area contributed by atoms with Crippen molar-refractivity contribution in [3.05, 3.63) is 78.4 Å². The number of thioether (sulfide) groups is 2. The molecule has 1 aliphatic heterocycles. The van der Waals surface area contributed by atoms with Crippen LogP contribution in [0.2, 0.25) is 0 Å². The van der Waals surface area contributed by atoms with E-state index in [1.165, 1.54) is 93.9 Å². The van der Waals surface area contributed by atoms with Crippen LogP contribution in [0.15, 0.2) is 82.9 Å². The lowest BCUT2D eigenvalue weighted by molar-refractivity contribution is -0.223. The standard InChI is InChI=1S/C55H85NO6S2/c1-6-8-9-10-11-12-13-14-15-16-17-18-19-27-38-64-51-42-49(56-62-54(3,4)5)47-40-43(28-23-25-34-57)46(31-24-26-35-58)52-48-41-44(59-37-39-63-45-29-21-20-22-30-45)32-33-50(48)61-55(51,53(47)52)60-36-7-2/h7,20-22,29-30,32-33,40-41,43,46,51-53,57-58H,2,6,8-19,23-28,31,34-39,42H2,1,3-5H3/t43-,46+,51-,52+,53+,55+/m0/s1. The third kappa shape index (κ3) is 16.1. The average molecular weight is 920 g/mol. The minimum Gasteiger partial charge on any atom is -0.493 e. The first kappa shape index (κ1) is 52.5. The quantitative estimate of drug-likeness (QED) is 0.0317. The summed E-state index contributed by atoms with van der Waals surface area (Å²) in [6, 6.07) is 16.9. The van der Waals surface area contributed by atoms with Crippen molar-refractivity contribution in [2.45, 2.75) is 190 Å². The molecule has 0 spiro atoms. The third-order valence-electron chi connectivity index (χ3n) is 13.2. The number of unbranched alkanes of at least 4 members (excludes halogenated alkanes) is 15. The summed E-state index contributed by atoms with van der Waals surface area (Å²) in [6.07, 6.45) is 29.2. The summed E-state index contributed by atoms with van der Waals surface area (Å²) in [7, 11) is 0. The number of fused-ring (bicyclic) bond motifs is 2. The fraction of sp³-hybridized carbons (Fsp3) is 0.691. The SMILES string of the molecule is C=CCO[C@@]12Oc3ccc(OCCSc4ccccc4)cc3[C@H]3[C@H](CCCCO)[C@@H](CCCCO)C=C(C(=NOC(C)(C)C)C[C@@H]1SCCCCCCCCCCCCCCCC)[C@H]32. The third-order valence-corrected chi connectivity index (χ3v) is 15.6. The van der Waals surface area contributed by atoms with E-state index in [9.17, 15) is 10.2 Å². The average Bonchev–Trinajstić information content (AvgIpc) is 3.29. The first-order valence-electron chi connectivity index (χ1n) is 25.4. The van der Waals surface area contributed by atoms with Gasteiger partial charge in [-0.15, -0.1) is 18.3 Å². The topological polar surface area (TPSA) is 89.7 Å². The van der Waals surface area contributed by atoms with Gasteiger partial charge in [0.2, 0.25) is 5.79 Å². The molecule has 3 aliphatic rings. The molecule has 0 bridgehead atoms. The van der Waals surface area contributed by atoms with Crippen LogP contribution in [-0.4, -0.2) is 70.5 Å². The molecule has 0 saturated heterocycles. The molecule has 2 aromatic rings. The molecule has 7 nitrogen and oxygen atoms in total. The number of hydrogen-bond donors (Lipinski definition) is 2. The van der Waals surface area contributed by atoms with E-state index in [0.29, 0.717) is 19.6 Å². The lowest BCUT2D eigenvalue weighted by Gasteiger charge is -2.58. The maximum Gasteiger partial charge on any atom is 0.230 e. The molecular formula is C55H85NO6S2. The van der Waals surface area contributed by atoms with Gasteiger partial charge in [0.05, 0.1) is 30.1 Å². The van der Waals surface area contributed by atoms with Gasteiger partial charge in [-0.05, 0) is 106 Å². The number of aliphatic hydroxyl groups is 2. The Morgan fingerprint density at radius 1 is 0.812 bits per heavy atom. The minimum atomic E-state index is -0.945. The summed E-state index contributed by atoms with van der Waals surface area (Å²) in [5.41, 5.74) is 2.90. The van der Waals surface area contributed by atoms with Crippen molar-refractivity contribution >= 4 is 29.2 Å². The summed E-state index contributed by atoms with van der Waals surface area (Å²) >= 11 is 3.79. The molecule has 358 valence electrons. The zero-order chi connectivity index (χ0) is 45.5. The van der Waals surface area contributed by atoms with Gasteiger partial charge in [0.1, 0.15) is 17.1 Å². The number of nitrogens with zero attached hydrogens (tertiary/aromatic N) is 1. The van der Waals surface area contributed by atoms with Gasteiger partial charge in [-0.25, -0.2) is 0 Å². The number of oxime groups is 1. The molecule has 6 atom stereocenters. The second-order valence-electron chi connectivity index (χ2n) is 19.4. The van der Waals surface area contributed by atoms with Crippen LogP contribution in [0, 0.1) is 17.8 Å². The van der Waals surface area contributed by atoms with Crippen molar-refractivity contribution < 1.29 is 29.3 Å². The van der Waals surface area contributed by atoms with Gasteiger partial charge in [0.25, 0.3) is 0 Å². The fourth-order valence-corrected chi connectivity index (χ4v) is 12.3. The predicted molar refractivity (Wildman–Crippen MR) is 271 cm³/mol. The van der Waals surface area contributed by atoms with Gasteiger partial charge in [-0.3, -0.25) is 0 Å². The van der Waals surface area contributed by atoms with E-state index in [-0.39, 0.29) is 42.1 Å². The van der Waals surface area contributed by atoms with Crippen molar-refractivity contribution in [1.29, 1.82) is 0 Å². The first-order chi connectivity index (χ1) is 31.2. The molecule has 64 heavy (non-hydrogen) atoms. The lowest BCUT2D eigenvalue weighted by Crippen LogP contribution is -2.64. The van der Waals surface area contributed by atoms with E-state index in [2.05, 4.69) is 82.8 Å². The Morgan fingerprint density at radius 3 is 2.11 bits per heavy atom. The Balaban J connectivity index is 1.40. The van der Waals surface area contributed by atoms with Gasteiger partial charge in [0.15, 0.2) is 0 Å². The highest BCUT2D eigenvalue weighted by Gasteiger charge is 2.64. The van der Waals surface area contributed by atoms with Crippen molar-refractivity contribution in [1.82, 2.24) is 0 Å². The fourth-order valence-electron chi connectivity index (χ4n) is 10.1. The largest absolute Gasteiger partial charge is 0.493 e. The van der Waals surface area contributed by atoms with Crippen LogP contribution >= 0.6 is 23.5 Å². The van der Waals surface area contributed by atoms with Crippen molar-refractivity contribution in [2.24, 2.45) is 22.9 Å². The van der Waals surface area contributed by atoms with Crippen molar-refractivity contribution in [2.75, 3.05) is 37.9 Å². The van der Waals surface area contributed by atoms with Crippen molar-refractivity contribution in [3.63, 3.8) is 0 Å². The Hall–Kier alpha value is -2.43. The molecule has 9 heteroatoms. The highest BCUT2D eigenvalue weighted by molar-refractivity contribution is 8.00. The zero-order valence-electron chi connectivity index (χ0n) is 40.3. The van der Waals surface area contributed by atoms with Crippen LogP contribution in [0.1, 0.15) is 174 Å². The number of benzene rings is 2. The van der Waals surface area contributed by atoms with E-state index in [1.54, 1.807) is 11.8 Å². The molecule has 1 fully saturated rings. The van der Waals surface area contributed by atoms with Crippen LogP contribution in [0.5, 0.6) is 11.5 Å². The smallest absolute Gasteiger partial charge is 0.230 e. The molecule has 0 amide bonds. The van der Waals surface area contributed by atoms with Gasteiger partial charge < -0.3 is 29.3 Å². The number of allylic oxidation sites excluding steroid dienone is 1. The molecule has 0 radical (unpaired) electrons. The number of ether oxygens (including phenoxy) is 3. The van der Waals surface area contributed by atoms with Crippen LogP contribution < -0.4 is 9.47 Å². The molecule has 2 aliphatic carbocycles. The highest BCUT2D eigenvalue weighted by atomic mass is 32.2. The van der Waals surface area contributed by atoms with E-state index >= 15 is 0 Å². The lowest BCUT2D eigenvalue weighted by atomic mass is 9.56. The van der Waals surface area contributed by atoms with E-state index in [0.717, 1.165) is 79.2 Å². The highest BCUT2D eigenvalue weighted by Crippen LogP contribution is 2.62. The first-order valence-corrected chi connectivity index (χ1v) is 27.5. The van der Waals surface area contributed by atoms with Crippen LogP contribution in [0.3, 0.4) is 0 Å². The number of rotatable bonds is 33. The molecule has 2 aromatic carbocycles. The number of hydrogen-bond acceptors (Lipinski definition) is 9. The minimum absolute atomic E-state index is 0.0236. The van der Waals surface area contributed by atoms with Gasteiger partial charge in [0, 0.05) is 41.8 Å². The number of aliphatic hydroxyl groups excluding tert-OH is 2. The van der Waals surface area contributed by atoms with Crippen molar-refractivity contribution in [3.8, 4) is 11.5 Å². The second kappa shape index (κ2) is 28.7. The summed E-state index contributed by atoms with van der Waals surface area (Å²) in [5, 5.41) is 24.9. The summed E-state index contributed by atoms with van der Waals surface area (Å²) in [4.78, 5) is 7.54. The van der Waals surface area contributed by atoms with E-state index in [4.69, 9.17) is 24.2 Å². The molecule has 5 rings (SSSR count). The zero-order valence-corrected chi connectivity index (χ0v) is 41.9. The molecular weight excluding hydrogens is 835 g/mol. The van der Waals surface area contributed by atoms with Crippen LogP contribution in [0.25, 0.3) is 0 Å². The Labute approximate surface area is 397 Å². The van der Waals surface area contributed by atoms with Gasteiger partial charge in [-0.1, -0.05) is 139 Å². The normalized spacial score (nSPS) is 23.2. The molecule has 1 saturated carbocycles. The Morgan fingerprint density at radius 2 is 1.47 bits per heavy atom. The maximum atomic E-state index is 9.99. The Bertz CT molecular complexity index is 1680. The molecule has 0 unspecified atom stereocenters. The van der Waals surface area contributed by atoms with Crippen LogP contribution in [0.4, 0.5) is 0 Å². The molecule has 1 heterocycles. The molecule has 0 aromatic heterocycles. The predicted octanol–water partition coefficient (Wildman–Crippen LogP) is 14.5. The summed E-state index contributed by atoms with van der Waals surface area (Å²) < 4.78 is 21.1. The second-order valence-corrected chi connectivity index (χ2v) is 21.9. The van der Waals surface area contributed by atoms with Gasteiger partial charge >= 0.3 is 0 Å². The van der Waals surface area contributed by atoms with E-state index in [1.807, 2.05) is 23.9 Å². The monoisotopic (exact) mass is 920 g/mol. The van der Waals surface area contributed by atoms with Gasteiger partial charge in [-0.2, -0.15) is 11.8 Å². The molecule has 2 N–H and O–H groups in total. The Kier molecular flexibility index (Phi) is 23.5. The maximum absolute atomic E-state index is 9.99. The summed E-state index contributed by atoms with van der Waals surface area (Å²) in [6.45, 7) is 13.9. The van der Waals surface area contributed by atoms with Crippen LogP contribution in [-0.2, 0) is 9.57 Å².